The maximum atomic E-state index is 13.8. The molecule has 2 atom stereocenters. The molecule has 1 N–H and O–H groups in total. The van der Waals surface area contributed by atoms with E-state index in [1.807, 2.05) is 17.9 Å². The highest BCUT2D eigenvalue weighted by Crippen LogP contribution is 2.30. The fourth-order valence-corrected chi connectivity index (χ4v) is 8.59. The number of Topliss-reactive ketones (excluding diaryl/α,β-unsaturated/α-hetero) is 2. The van der Waals surface area contributed by atoms with Gasteiger partial charge in [0, 0.05) is 56.9 Å². The van der Waals surface area contributed by atoms with E-state index >= 15 is 0 Å². The fraction of sp³-hybridized carbons (Fsp3) is 0.636. The van der Waals surface area contributed by atoms with Crippen LogP contribution >= 0.6 is 11.3 Å². The number of nitrogens with zero attached hydrogens (tertiary/aromatic N) is 2. The topological polar surface area (TPSA) is 114 Å². The number of carbonyl (C=O) groups excluding carboxylic acids is 3. The molecular formula is C33H47N3O5S2. The number of rotatable bonds is 15. The Morgan fingerprint density at radius 1 is 1.12 bits per heavy atom. The zero-order chi connectivity index (χ0) is 31.0. The molecule has 8 nitrogen and oxygen atoms in total. The number of thiazole rings is 1. The Morgan fingerprint density at radius 2 is 1.84 bits per heavy atom. The number of benzene rings is 1. The molecule has 1 aromatic carbocycles. The van der Waals surface area contributed by atoms with Crippen molar-refractivity contribution in [1.29, 1.82) is 0 Å². The standard InChI is InChI=1S/C33H47N3O5S2/c1-4-24-11-12-29-31(19-24)42-32(34-29)21-26(20-27(37)5-2)33(39)35-28(25-9-7-6-8-10-25)13-14-30(38)23(3)22-36-15-17-43(40,41)18-16-36/h11-12,19,25-26,28H,3-10,13-18,20-22H2,1-2H3,(H,35,39)/t26-,28+/m0/s1. The summed E-state index contributed by atoms with van der Waals surface area (Å²) in [5, 5.41) is 4.16. The lowest BCUT2D eigenvalue weighted by Gasteiger charge is -2.32. The van der Waals surface area contributed by atoms with E-state index in [-0.39, 0.29) is 47.9 Å². The molecule has 2 aliphatic rings. The number of carbonyl (C=O) groups is 3. The maximum absolute atomic E-state index is 13.8. The lowest BCUT2D eigenvalue weighted by atomic mass is 9.81. The number of sulfone groups is 1. The number of amides is 1. The fourth-order valence-electron chi connectivity index (χ4n) is 6.20. The minimum Gasteiger partial charge on any atom is -0.353 e. The second-order valence-corrected chi connectivity index (χ2v) is 15.7. The zero-order valence-electron chi connectivity index (χ0n) is 25.7. The van der Waals surface area contributed by atoms with Gasteiger partial charge in [-0.25, -0.2) is 13.4 Å². The maximum Gasteiger partial charge on any atom is 0.224 e. The first-order valence-electron chi connectivity index (χ1n) is 15.9. The van der Waals surface area contributed by atoms with Crippen LogP contribution in [0.5, 0.6) is 0 Å². The summed E-state index contributed by atoms with van der Waals surface area (Å²) in [7, 11) is -2.98. The van der Waals surface area contributed by atoms with Gasteiger partial charge >= 0.3 is 0 Å². The Balaban J connectivity index is 1.42. The highest BCUT2D eigenvalue weighted by Gasteiger charge is 2.30. The van der Waals surface area contributed by atoms with Crippen LogP contribution < -0.4 is 5.32 Å². The van der Waals surface area contributed by atoms with E-state index in [0.29, 0.717) is 50.4 Å². The first-order valence-corrected chi connectivity index (χ1v) is 18.5. The van der Waals surface area contributed by atoms with Gasteiger partial charge < -0.3 is 5.32 Å². The van der Waals surface area contributed by atoms with Crippen LogP contribution in [0.2, 0.25) is 0 Å². The number of hydrogen-bond acceptors (Lipinski definition) is 8. The molecule has 2 aromatic rings. The highest BCUT2D eigenvalue weighted by atomic mass is 32.2. The first kappa shape index (κ1) is 33.5. The van der Waals surface area contributed by atoms with E-state index in [1.54, 1.807) is 11.3 Å². The van der Waals surface area contributed by atoms with Crippen LogP contribution in [0.15, 0.2) is 30.4 Å². The number of fused-ring (bicyclic) bond motifs is 1. The van der Waals surface area contributed by atoms with Crippen LogP contribution in [0.3, 0.4) is 0 Å². The van der Waals surface area contributed by atoms with Crippen molar-refractivity contribution in [2.75, 3.05) is 31.1 Å². The van der Waals surface area contributed by atoms with Crippen molar-refractivity contribution in [1.82, 2.24) is 15.2 Å². The second-order valence-electron chi connectivity index (χ2n) is 12.3. The molecule has 1 saturated carbocycles. The Morgan fingerprint density at radius 3 is 2.51 bits per heavy atom. The first-order chi connectivity index (χ1) is 20.6. The summed E-state index contributed by atoms with van der Waals surface area (Å²) in [5.41, 5.74) is 2.65. The normalized spacial score (nSPS) is 19.1. The summed E-state index contributed by atoms with van der Waals surface area (Å²) in [6.07, 6.45) is 8.15. The van der Waals surface area contributed by atoms with Crippen molar-refractivity contribution in [2.24, 2.45) is 11.8 Å². The lowest BCUT2D eigenvalue weighted by Crippen LogP contribution is -2.45. The molecule has 4 rings (SSSR count). The van der Waals surface area contributed by atoms with E-state index in [0.717, 1.165) is 47.3 Å². The summed E-state index contributed by atoms with van der Waals surface area (Å²) < 4.78 is 24.6. The van der Waals surface area contributed by atoms with Gasteiger partial charge in [0.05, 0.1) is 32.6 Å². The van der Waals surface area contributed by atoms with E-state index in [1.165, 1.54) is 12.0 Å². The van der Waals surface area contributed by atoms with Crippen LogP contribution in [-0.4, -0.2) is 73.0 Å². The third kappa shape index (κ3) is 9.78. The molecule has 2 heterocycles. The molecule has 1 aliphatic heterocycles. The van der Waals surface area contributed by atoms with Crippen LogP contribution in [0.1, 0.15) is 82.2 Å². The summed E-state index contributed by atoms with van der Waals surface area (Å²) in [6.45, 7) is 9.17. The molecule has 0 bridgehead atoms. The summed E-state index contributed by atoms with van der Waals surface area (Å²) in [4.78, 5) is 46.2. The largest absolute Gasteiger partial charge is 0.353 e. The molecule has 0 unspecified atom stereocenters. The van der Waals surface area contributed by atoms with Gasteiger partial charge in [0.1, 0.15) is 5.78 Å². The van der Waals surface area contributed by atoms with Gasteiger partial charge in [-0.3, -0.25) is 19.3 Å². The van der Waals surface area contributed by atoms with Gasteiger partial charge in [-0.05, 0) is 49.3 Å². The van der Waals surface area contributed by atoms with Gasteiger partial charge in [0.2, 0.25) is 5.91 Å². The third-order valence-corrected chi connectivity index (χ3v) is 11.7. The minimum absolute atomic E-state index is 0.0397. The van der Waals surface area contributed by atoms with Gasteiger partial charge in [-0.2, -0.15) is 0 Å². The number of aromatic nitrogens is 1. The quantitative estimate of drug-likeness (QED) is 0.273. The van der Waals surface area contributed by atoms with Gasteiger partial charge in [-0.1, -0.05) is 45.8 Å². The Labute approximate surface area is 260 Å². The van der Waals surface area contributed by atoms with Crippen LogP contribution in [0, 0.1) is 11.8 Å². The van der Waals surface area contributed by atoms with Crippen molar-refractivity contribution < 1.29 is 22.8 Å². The minimum atomic E-state index is -2.98. The average molecular weight is 630 g/mol. The molecule has 1 amide bonds. The Hall–Kier alpha value is -2.43. The summed E-state index contributed by atoms with van der Waals surface area (Å²) in [6, 6.07) is 6.11. The number of hydrogen-bond donors (Lipinski definition) is 1. The van der Waals surface area contributed by atoms with Crippen molar-refractivity contribution in [3.05, 3.63) is 40.9 Å². The van der Waals surface area contributed by atoms with E-state index in [2.05, 4.69) is 31.0 Å². The Bertz CT molecular complexity index is 1400. The van der Waals surface area contributed by atoms with Gasteiger partial charge in [0.25, 0.3) is 0 Å². The van der Waals surface area contributed by atoms with Gasteiger partial charge in [0.15, 0.2) is 15.6 Å². The number of aryl methyl sites for hydroxylation is 1. The number of nitrogens with one attached hydrogen (secondary N) is 1. The van der Waals surface area contributed by atoms with Crippen molar-refractivity contribution in [3.8, 4) is 0 Å². The van der Waals surface area contributed by atoms with Crippen molar-refractivity contribution >= 4 is 48.9 Å². The Kier molecular flexibility index (Phi) is 12.1. The predicted molar refractivity (Wildman–Crippen MR) is 173 cm³/mol. The van der Waals surface area contributed by atoms with E-state index < -0.39 is 15.8 Å². The van der Waals surface area contributed by atoms with Crippen LogP contribution in [0.4, 0.5) is 0 Å². The number of ketones is 2. The monoisotopic (exact) mass is 629 g/mol. The van der Waals surface area contributed by atoms with Crippen molar-refractivity contribution in [3.63, 3.8) is 0 Å². The molecule has 0 spiro atoms. The van der Waals surface area contributed by atoms with E-state index in [9.17, 15) is 22.8 Å². The summed E-state index contributed by atoms with van der Waals surface area (Å²) in [5.74, 6) is -0.102. The van der Waals surface area contributed by atoms with Gasteiger partial charge in [-0.15, -0.1) is 11.3 Å². The van der Waals surface area contributed by atoms with E-state index in [4.69, 9.17) is 4.98 Å². The van der Waals surface area contributed by atoms with Crippen LogP contribution in [0.25, 0.3) is 10.2 Å². The smallest absolute Gasteiger partial charge is 0.224 e. The molecule has 236 valence electrons. The predicted octanol–water partition coefficient (Wildman–Crippen LogP) is 5.09. The third-order valence-electron chi connectivity index (χ3n) is 9.04. The molecule has 10 heteroatoms. The average Bonchev–Trinajstić information content (AvgIpc) is 3.41. The molecular weight excluding hydrogens is 583 g/mol. The second kappa shape index (κ2) is 15.5. The molecule has 43 heavy (non-hydrogen) atoms. The molecule has 1 saturated heterocycles. The molecule has 1 aromatic heterocycles. The van der Waals surface area contributed by atoms with Crippen molar-refractivity contribution in [2.45, 2.75) is 90.5 Å². The molecule has 0 radical (unpaired) electrons. The molecule has 1 aliphatic carbocycles. The molecule has 2 fully saturated rings. The lowest BCUT2D eigenvalue weighted by molar-refractivity contribution is -0.130. The summed E-state index contributed by atoms with van der Waals surface area (Å²) >= 11 is 1.59. The SMILES string of the molecule is C=C(CN1CCS(=O)(=O)CC1)C(=O)CC[C@@H](NC(=O)[C@@H](CC(=O)CC)Cc1nc2ccc(CC)cc2s1)C1CCCCC1. The van der Waals surface area contributed by atoms with Crippen LogP contribution in [-0.2, 0) is 37.1 Å². The zero-order valence-corrected chi connectivity index (χ0v) is 27.4. The highest BCUT2D eigenvalue weighted by molar-refractivity contribution is 7.91.